The normalized spacial score (nSPS) is 17.6. The van der Waals surface area contributed by atoms with E-state index < -0.39 is 18.0 Å². The van der Waals surface area contributed by atoms with E-state index in [0.717, 1.165) is 0 Å². The second-order valence-corrected chi connectivity index (χ2v) is 8.70. The quantitative estimate of drug-likeness (QED) is 0.541. The summed E-state index contributed by atoms with van der Waals surface area (Å²) >= 11 is 0. The van der Waals surface area contributed by atoms with Gasteiger partial charge in [-0.25, -0.2) is 13.9 Å². The van der Waals surface area contributed by atoms with Gasteiger partial charge in [-0.3, -0.25) is 19.5 Å². The molecule has 192 valence electrons. The number of pyridine rings is 1. The van der Waals surface area contributed by atoms with Gasteiger partial charge in [0.2, 0.25) is 5.91 Å². The largest absolute Gasteiger partial charge is 0.442 e. The lowest BCUT2D eigenvalue weighted by Crippen LogP contribution is -2.40. The Hall–Kier alpha value is -4.32. The molecular weight excluding hydrogens is 483 g/mol. The van der Waals surface area contributed by atoms with E-state index in [1.165, 1.54) is 34.8 Å². The number of amides is 3. The van der Waals surface area contributed by atoms with Gasteiger partial charge in [0, 0.05) is 38.0 Å². The van der Waals surface area contributed by atoms with Crippen LogP contribution in [0.4, 0.5) is 14.9 Å². The van der Waals surface area contributed by atoms with E-state index in [0.29, 0.717) is 48.8 Å². The van der Waals surface area contributed by atoms with Gasteiger partial charge in [-0.2, -0.15) is 5.10 Å². The molecule has 5 rings (SSSR count). The number of nitrogens with one attached hydrogen (secondary N) is 1. The lowest BCUT2D eigenvalue weighted by molar-refractivity contribution is -0.119. The van der Waals surface area contributed by atoms with Gasteiger partial charge < -0.3 is 19.7 Å². The van der Waals surface area contributed by atoms with Crippen LogP contribution in [0.25, 0.3) is 16.9 Å². The molecule has 0 aliphatic carbocycles. The van der Waals surface area contributed by atoms with Crippen LogP contribution in [0, 0.1) is 5.82 Å². The molecule has 1 atom stereocenters. The molecule has 4 heterocycles. The molecule has 2 aromatic heterocycles. The average Bonchev–Trinajstić information content (AvgIpc) is 3.54. The van der Waals surface area contributed by atoms with Crippen molar-refractivity contribution in [1.82, 2.24) is 25.0 Å². The Bertz CT molecular complexity index is 1320. The number of carbonyl (C=O) groups excluding carboxylic acids is 3. The van der Waals surface area contributed by atoms with Crippen LogP contribution in [-0.4, -0.2) is 83.1 Å². The number of ether oxygens (including phenoxy) is 2. The van der Waals surface area contributed by atoms with Crippen LogP contribution in [0.1, 0.15) is 17.3 Å². The molecule has 37 heavy (non-hydrogen) atoms. The first-order chi connectivity index (χ1) is 17.9. The molecule has 11 nitrogen and oxygen atoms in total. The zero-order chi connectivity index (χ0) is 25.9. The Morgan fingerprint density at radius 2 is 1.97 bits per heavy atom. The molecule has 3 amide bonds. The molecule has 2 aliphatic heterocycles. The molecule has 0 radical (unpaired) electrons. The van der Waals surface area contributed by atoms with Crippen LogP contribution >= 0.6 is 0 Å². The maximum absolute atomic E-state index is 15.0. The van der Waals surface area contributed by atoms with Crippen LogP contribution in [0.2, 0.25) is 0 Å². The highest BCUT2D eigenvalue weighted by Crippen LogP contribution is 2.26. The zero-order valence-electron chi connectivity index (χ0n) is 20.1. The predicted molar refractivity (Wildman–Crippen MR) is 130 cm³/mol. The number of rotatable bonds is 6. The Morgan fingerprint density at radius 1 is 1.16 bits per heavy atom. The lowest BCUT2D eigenvalue weighted by atomic mass is 10.2. The van der Waals surface area contributed by atoms with Crippen molar-refractivity contribution in [3.05, 3.63) is 60.3 Å². The van der Waals surface area contributed by atoms with Crippen molar-refractivity contribution in [3.63, 3.8) is 0 Å². The summed E-state index contributed by atoms with van der Waals surface area (Å²) in [7, 11) is 0. The van der Waals surface area contributed by atoms with E-state index >= 15 is 4.39 Å². The van der Waals surface area contributed by atoms with E-state index in [1.807, 2.05) is 0 Å². The minimum atomic E-state index is -0.606. The predicted octanol–water partition coefficient (Wildman–Crippen LogP) is 2.01. The maximum Gasteiger partial charge on any atom is 0.414 e. The first-order valence-electron chi connectivity index (χ1n) is 11.8. The minimum absolute atomic E-state index is 0.0940. The molecule has 1 N–H and O–H groups in total. The molecule has 0 bridgehead atoms. The highest BCUT2D eigenvalue weighted by Gasteiger charge is 2.32. The number of hydrogen-bond donors (Lipinski definition) is 1. The summed E-state index contributed by atoms with van der Waals surface area (Å²) in [5.41, 5.74) is 2.26. The molecule has 3 aromatic rings. The van der Waals surface area contributed by atoms with Crippen molar-refractivity contribution in [2.75, 3.05) is 44.3 Å². The smallest absolute Gasteiger partial charge is 0.414 e. The topological polar surface area (TPSA) is 119 Å². The second kappa shape index (κ2) is 10.3. The molecule has 0 spiro atoms. The van der Waals surface area contributed by atoms with E-state index in [2.05, 4.69) is 15.4 Å². The molecule has 12 heteroatoms. The van der Waals surface area contributed by atoms with Gasteiger partial charge in [0.1, 0.15) is 11.8 Å². The van der Waals surface area contributed by atoms with Gasteiger partial charge >= 0.3 is 6.09 Å². The summed E-state index contributed by atoms with van der Waals surface area (Å²) in [6.07, 6.45) is 3.59. The van der Waals surface area contributed by atoms with Crippen molar-refractivity contribution in [1.29, 1.82) is 0 Å². The Balaban J connectivity index is 1.28. The van der Waals surface area contributed by atoms with Crippen molar-refractivity contribution in [2.45, 2.75) is 13.0 Å². The fraction of sp³-hybridized carbons (Fsp3) is 0.320. The van der Waals surface area contributed by atoms with Crippen LogP contribution in [0.3, 0.4) is 0 Å². The number of benzene rings is 1. The number of nitrogens with zero attached hydrogens (tertiary/aromatic N) is 5. The fourth-order valence-corrected chi connectivity index (χ4v) is 4.17. The number of halogens is 1. The Morgan fingerprint density at radius 3 is 2.68 bits per heavy atom. The molecule has 2 aliphatic rings. The van der Waals surface area contributed by atoms with E-state index in [9.17, 15) is 14.4 Å². The summed E-state index contributed by atoms with van der Waals surface area (Å²) in [5, 5.41) is 6.86. The third-order valence-electron chi connectivity index (χ3n) is 6.13. The first kappa shape index (κ1) is 24.4. The van der Waals surface area contributed by atoms with Gasteiger partial charge in [-0.15, -0.1) is 0 Å². The third kappa shape index (κ3) is 5.28. The van der Waals surface area contributed by atoms with Crippen molar-refractivity contribution < 1.29 is 28.2 Å². The molecule has 1 aromatic carbocycles. The highest BCUT2D eigenvalue weighted by atomic mass is 19.1. The first-order valence-corrected chi connectivity index (χ1v) is 11.8. The number of hydrogen-bond acceptors (Lipinski definition) is 7. The van der Waals surface area contributed by atoms with Gasteiger partial charge in [0.15, 0.2) is 5.82 Å². The molecule has 0 unspecified atom stereocenters. The fourth-order valence-electron chi connectivity index (χ4n) is 4.17. The number of cyclic esters (lactones) is 1. The summed E-state index contributed by atoms with van der Waals surface area (Å²) in [6.45, 7) is 3.90. The molecule has 2 fully saturated rings. The van der Waals surface area contributed by atoms with Gasteiger partial charge in [0.25, 0.3) is 5.91 Å². The highest BCUT2D eigenvalue weighted by molar-refractivity contribution is 5.94. The molecule has 0 saturated carbocycles. The van der Waals surface area contributed by atoms with Gasteiger partial charge in [-0.05, 0) is 30.3 Å². The maximum atomic E-state index is 15.0. The zero-order valence-corrected chi connectivity index (χ0v) is 20.1. The Kier molecular flexibility index (Phi) is 6.82. The third-order valence-corrected chi connectivity index (χ3v) is 6.13. The molecule has 2 saturated heterocycles. The standard InChI is InChI=1S/C25H25FN6O5/c1-16(33)27-13-20-15-31(25(35)37-20)19-3-5-23(21(26)10-19)32-14-18(12-29-32)22-4-2-17(11-28-22)24(34)30-6-8-36-9-7-30/h2-5,10-12,14,20H,6-9,13,15H2,1H3,(H,27,33)/t20-/m0/s1. The van der Waals surface area contributed by atoms with Crippen LogP contribution in [-0.2, 0) is 14.3 Å². The summed E-state index contributed by atoms with van der Waals surface area (Å²) in [5.74, 6) is -0.899. The van der Waals surface area contributed by atoms with E-state index in [4.69, 9.17) is 9.47 Å². The average molecular weight is 509 g/mol. The van der Waals surface area contributed by atoms with Gasteiger partial charge in [0.05, 0.1) is 49.4 Å². The van der Waals surface area contributed by atoms with Crippen molar-refractivity contribution in [2.24, 2.45) is 0 Å². The lowest BCUT2D eigenvalue weighted by Gasteiger charge is -2.26. The second-order valence-electron chi connectivity index (χ2n) is 8.70. The monoisotopic (exact) mass is 508 g/mol. The SMILES string of the molecule is CC(=O)NC[C@H]1CN(c2ccc(-n3cc(-c4ccc(C(=O)N5CCOCC5)cn4)cn3)c(F)c2)C(=O)O1. The van der Waals surface area contributed by atoms with E-state index in [1.54, 1.807) is 35.5 Å². The Labute approximate surface area is 211 Å². The number of anilines is 1. The number of morpholine rings is 1. The summed E-state index contributed by atoms with van der Waals surface area (Å²) in [4.78, 5) is 43.4. The van der Waals surface area contributed by atoms with Crippen LogP contribution in [0.5, 0.6) is 0 Å². The summed E-state index contributed by atoms with van der Waals surface area (Å²) < 4.78 is 26.9. The molecular formula is C25H25FN6O5. The number of carbonyl (C=O) groups is 3. The van der Waals surface area contributed by atoms with Crippen molar-refractivity contribution >= 4 is 23.6 Å². The van der Waals surface area contributed by atoms with Crippen LogP contribution in [0.15, 0.2) is 48.9 Å². The number of aromatic nitrogens is 3. The van der Waals surface area contributed by atoms with Crippen LogP contribution < -0.4 is 10.2 Å². The summed E-state index contributed by atoms with van der Waals surface area (Å²) in [6, 6.07) is 7.80. The van der Waals surface area contributed by atoms with Crippen molar-refractivity contribution in [3.8, 4) is 16.9 Å². The van der Waals surface area contributed by atoms with Gasteiger partial charge in [-0.1, -0.05) is 0 Å². The minimum Gasteiger partial charge on any atom is -0.442 e. The van der Waals surface area contributed by atoms with E-state index in [-0.39, 0.29) is 30.6 Å².